The van der Waals surface area contributed by atoms with Crippen LogP contribution in [0, 0.1) is 0 Å². The molecule has 0 unspecified atom stereocenters. The van der Waals surface area contributed by atoms with Gasteiger partial charge in [-0.15, -0.1) is 11.3 Å². The second-order valence-corrected chi connectivity index (χ2v) is 6.57. The maximum absolute atomic E-state index is 12.3. The van der Waals surface area contributed by atoms with E-state index in [1.165, 1.54) is 14.2 Å². The van der Waals surface area contributed by atoms with Crippen LogP contribution in [0.1, 0.15) is 28.0 Å². The summed E-state index contributed by atoms with van der Waals surface area (Å²) in [5.41, 5.74) is 2.93. The van der Waals surface area contributed by atoms with Crippen LogP contribution in [0.2, 0.25) is 0 Å². The number of benzene rings is 1. The number of hydrogen-bond donors (Lipinski definition) is 1. The van der Waals surface area contributed by atoms with Crippen molar-refractivity contribution in [3.8, 4) is 23.1 Å². The summed E-state index contributed by atoms with van der Waals surface area (Å²) in [4.78, 5) is 25.2. The summed E-state index contributed by atoms with van der Waals surface area (Å²) in [6.45, 7) is 2.48. The van der Waals surface area contributed by atoms with Gasteiger partial charge in [0, 0.05) is 22.6 Å². The fourth-order valence-corrected chi connectivity index (χ4v) is 3.15. The first-order valence-corrected chi connectivity index (χ1v) is 9.30. The van der Waals surface area contributed by atoms with Gasteiger partial charge in [-0.2, -0.15) is 9.97 Å². The Hall–Kier alpha value is -3.00. The molecule has 1 amide bonds. The highest BCUT2D eigenvalue weighted by atomic mass is 32.1. The summed E-state index contributed by atoms with van der Waals surface area (Å²) in [5, 5.41) is 5.93. The van der Waals surface area contributed by atoms with Gasteiger partial charge in [0.05, 0.1) is 37.2 Å². The molecule has 7 nitrogen and oxygen atoms in total. The van der Waals surface area contributed by atoms with Crippen molar-refractivity contribution in [2.24, 2.45) is 0 Å². The Kier molecular flexibility index (Phi) is 5.97. The molecule has 0 spiro atoms. The Bertz CT molecular complexity index is 903. The Morgan fingerprint density at radius 3 is 2.52 bits per heavy atom. The van der Waals surface area contributed by atoms with Crippen LogP contribution in [0.15, 0.2) is 35.7 Å². The lowest BCUT2D eigenvalue weighted by atomic mass is 10.1. The number of nitrogens with zero attached hydrogens (tertiary/aromatic N) is 3. The number of rotatable bonds is 7. The molecule has 8 heteroatoms. The molecule has 0 aliphatic rings. The standard InChI is InChI=1S/C19H20N4O3S/c1-4-17-21-14(11-27-17)10-20-18(24)13-7-5-12(6-8-13)15-9-16(25-2)23-19(22-15)26-3/h5-9,11H,4,10H2,1-3H3,(H,20,24). The summed E-state index contributed by atoms with van der Waals surface area (Å²) >= 11 is 1.61. The van der Waals surface area contributed by atoms with E-state index in [1.807, 2.05) is 17.5 Å². The molecule has 0 atom stereocenters. The number of carbonyl (C=O) groups is 1. The summed E-state index contributed by atoms with van der Waals surface area (Å²) in [5.74, 6) is 0.263. The van der Waals surface area contributed by atoms with Gasteiger partial charge in [-0.1, -0.05) is 19.1 Å². The third-order valence-corrected chi connectivity index (χ3v) is 4.89. The average Bonchev–Trinajstić information content (AvgIpc) is 3.19. The van der Waals surface area contributed by atoms with E-state index >= 15 is 0 Å². The zero-order valence-electron chi connectivity index (χ0n) is 15.4. The number of ether oxygens (including phenoxy) is 2. The van der Waals surface area contributed by atoms with E-state index in [0.29, 0.717) is 23.7 Å². The molecule has 1 N–H and O–H groups in total. The number of methoxy groups -OCH3 is 2. The molecule has 2 aromatic heterocycles. The van der Waals surface area contributed by atoms with E-state index in [9.17, 15) is 4.79 Å². The molecule has 0 fully saturated rings. The molecular formula is C19H20N4O3S. The Morgan fingerprint density at radius 2 is 1.89 bits per heavy atom. The number of thiazole rings is 1. The van der Waals surface area contributed by atoms with Gasteiger partial charge < -0.3 is 14.8 Å². The van der Waals surface area contributed by atoms with Gasteiger partial charge >= 0.3 is 6.01 Å². The third kappa shape index (κ3) is 4.59. The first kappa shape index (κ1) is 18.8. The van der Waals surface area contributed by atoms with Crippen LogP contribution >= 0.6 is 11.3 Å². The van der Waals surface area contributed by atoms with Crippen molar-refractivity contribution in [2.45, 2.75) is 19.9 Å². The zero-order chi connectivity index (χ0) is 19.2. The summed E-state index contributed by atoms with van der Waals surface area (Å²) in [6, 6.07) is 9.10. The molecule has 3 aromatic rings. The van der Waals surface area contributed by atoms with Crippen LogP contribution in [0.3, 0.4) is 0 Å². The lowest BCUT2D eigenvalue weighted by molar-refractivity contribution is 0.0950. The van der Waals surface area contributed by atoms with Crippen LogP contribution < -0.4 is 14.8 Å². The monoisotopic (exact) mass is 384 g/mol. The van der Waals surface area contributed by atoms with E-state index in [1.54, 1.807) is 29.5 Å². The molecule has 0 aliphatic carbocycles. The average molecular weight is 384 g/mol. The quantitative estimate of drug-likeness (QED) is 0.674. The van der Waals surface area contributed by atoms with Gasteiger partial charge in [0.15, 0.2) is 0 Å². The highest BCUT2D eigenvalue weighted by Crippen LogP contribution is 2.23. The summed E-state index contributed by atoms with van der Waals surface area (Å²) in [6.07, 6.45) is 0.901. The van der Waals surface area contributed by atoms with Crippen molar-refractivity contribution >= 4 is 17.2 Å². The predicted octanol–water partition coefficient (Wildman–Crippen LogP) is 3.11. The molecular weight excluding hydrogens is 364 g/mol. The number of aromatic nitrogens is 3. The molecule has 0 saturated carbocycles. The van der Waals surface area contributed by atoms with Crippen molar-refractivity contribution in [1.82, 2.24) is 20.3 Å². The molecule has 1 aromatic carbocycles. The van der Waals surface area contributed by atoms with Crippen molar-refractivity contribution in [3.05, 3.63) is 52.0 Å². The van der Waals surface area contributed by atoms with Crippen molar-refractivity contribution in [1.29, 1.82) is 0 Å². The normalized spacial score (nSPS) is 10.5. The van der Waals surface area contributed by atoms with Gasteiger partial charge in [0.2, 0.25) is 5.88 Å². The molecule has 0 bridgehead atoms. The van der Waals surface area contributed by atoms with Gasteiger partial charge in [0.1, 0.15) is 0 Å². The second-order valence-electron chi connectivity index (χ2n) is 5.63. The number of aryl methyl sites for hydroxylation is 1. The lowest BCUT2D eigenvalue weighted by Gasteiger charge is -2.07. The van der Waals surface area contributed by atoms with E-state index in [0.717, 1.165) is 22.7 Å². The molecule has 2 heterocycles. The summed E-state index contributed by atoms with van der Waals surface area (Å²) in [7, 11) is 3.03. The topological polar surface area (TPSA) is 86.2 Å². The van der Waals surface area contributed by atoms with E-state index < -0.39 is 0 Å². The largest absolute Gasteiger partial charge is 0.481 e. The molecule has 0 saturated heterocycles. The number of amides is 1. The van der Waals surface area contributed by atoms with Crippen molar-refractivity contribution < 1.29 is 14.3 Å². The molecule has 140 valence electrons. The van der Waals surface area contributed by atoms with Crippen LogP contribution in [0.4, 0.5) is 0 Å². The number of carbonyl (C=O) groups excluding carboxylic acids is 1. The predicted molar refractivity (Wildman–Crippen MR) is 103 cm³/mol. The van der Waals surface area contributed by atoms with Crippen LogP contribution in [0.25, 0.3) is 11.3 Å². The van der Waals surface area contributed by atoms with E-state index in [-0.39, 0.29) is 11.9 Å². The first-order valence-electron chi connectivity index (χ1n) is 8.42. The highest BCUT2D eigenvalue weighted by molar-refractivity contribution is 7.09. The summed E-state index contributed by atoms with van der Waals surface area (Å²) < 4.78 is 10.3. The SMILES string of the molecule is CCc1nc(CNC(=O)c2ccc(-c3cc(OC)nc(OC)n3)cc2)cs1. The lowest BCUT2D eigenvalue weighted by Crippen LogP contribution is -2.22. The number of hydrogen-bond acceptors (Lipinski definition) is 7. The van der Waals surface area contributed by atoms with Crippen LogP contribution in [-0.2, 0) is 13.0 Å². The minimum atomic E-state index is -0.148. The Balaban J connectivity index is 1.70. The highest BCUT2D eigenvalue weighted by Gasteiger charge is 2.10. The first-order chi connectivity index (χ1) is 13.1. The second kappa shape index (κ2) is 8.59. The molecule has 0 radical (unpaired) electrons. The van der Waals surface area contributed by atoms with Gasteiger partial charge in [-0.05, 0) is 18.6 Å². The Morgan fingerprint density at radius 1 is 1.11 bits per heavy atom. The maximum atomic E-state index is 12.3. The fourth-order valence-electron chi connectivity index (χ4n) is 2.41. The minimum Gasteiger partial charge on any atom is -0.481 e. The van der Waals surface area contributed by atoms with Gasteiger partial charge in [-0.25, -0.2) is 4.98 Å². The van der Waals surface area contributed by atoms with Crippen molar-refractivity contribution in [2.75, 3.05) is 14.2 Å². The third-order valence-electron chi connectivity index (χ3n) is 3.85. The smallest absolute Gasteiger partial charge is 0.320 e. The van der Waals surface area contributed by atoms with E-state index in [4.69, 9.17) is 9.47 Å². The van der Waals surface area contributed by atoms with Crippen LogP contribution in [0.5, 0.6) is 11.9 Å². The van der Waals surface area contributed by atoms with E-state index in [2.05, 4.69) is 27.2 Å². The molecule has 3 rings (SSSR count). The van der Waals surface area contributed by atoms with Crippen molar-refractivity contribution in [3.63, 3.8) is 0 Å². The van der Waals surface area contributed by atoms with Gasteiger partial charge in [-0.3, -0.25) is 4.79 Å². The van der Waals surface area contributed by atoms with Gasteiger partial charge in [0.25, 0.3) is 5.91 Å². The number of nitrogens with one attached hydrogen (secondary N) is 1. The zero-order valence-corrected chi connectivity index (χ0v) is 16.2. The Labute approximate surface area is 161 Å². The molecule has 0 aliphatic heterocycles. The minimum absolute atomic E-state index is 0.148. The maximum Gasteiger partial charge on any atom is 0.320 e. The molecule has 27 heavy (non-hydrogen) atoms. The fraction of sp³-hybridized carbons (Fsp3) is 0.263. The van der Waals surface area contributed by atoms with Crippen LogP contribution in [-0.4, -0.2) is 35.1 Å².